The number of hydrogen-bond acceptors (Lipinski definition) is 4. The van der Waals surface area contributed by atoms with Gasteiger partial charge in [-0.05, 0) is 30.9 Å². The molecule has 0 fully saturated rings. The average molecular weight is 263 g/mol. The summed E-state index contributed by atoms with van der Waals surface area (Å²) >= 11 is 0. The average Bonchev–Trinajstić information content (AvgIpc) is 2.46. The van der Waals surface area contributed by atoms with Crippen molar-refractivity contribution in [3.63, 3.8) is 0 Å². The maximum atomic E-state index is 12.2. The molecule has 1 aromatic heterocycles. The normalized spacial score (nSPS) is 18.1. The summed E-state index contributed by atoms with van der Waals surface area (Å²) in [5.41, 5.74) is 2.21. The third kappa shape index (κ3) is 3.85. The molecule has 4 nitrogen and oxygen atoms in total. The minimum atomic E-state index is -0.0315. The smallest absolute Gasteiger partial charge is 0.144 e. The fraction of sp³-hybridized carbons (Fsp3) is 0.600. The molecule has 0 N–H and O–H groups in total. The van der Waals surface area contributed by atoms with Crippen LogP contribution in [0.3, 0.4) is 0 Å². The van der Waals surface area contributed by atoms with Gasteiger partial charge >= 0.3 is 0 Å². The summed E-state index contributed by atoms with van der Waals surface area (Å²) in [5, 5.41) is 0. The number of aromatic nitrogens is 1. The van der Waals surface area contributed by atoms with E-state index in [1.165, 1.54) is 5.56 Å². The first-order valence-corrected chi connectivity index (χ1v) is 6.86. The van der Waals surface area contributed by atoms with Crippen LogP contribution in [0.25, 0.3) is 0 Å². The van der Waals surface area contributed by atoms with Gasteiger partial charge in [0.1, 0.15) is 5.78 Å². The largest absolute Gasteiger partial charge is 0.382 e. The molecule has 0 bridgehead atoms. The van der Waals surface area contributed by atoms with Crippen LogP contribution in [-0.4, -0.2) is 37.7 Å². The Morgan fingerprint density at radius 3 is 3.16 bits per heavy atom. The first-order chi connectivity index (χ1) is 9.33. The Bertz CT molecular complexity index is 420. The zero-order chi connectivity index (χ0) is 13.5. The Morgan fingerprint density at radius 1 is 1.42 bits per heavy atom. The third-order valence-electron chi connectivity index (χ3n) is 3.51. The van der Waals surface area contributed by atoms with E-state index in [1.54, 1.807) is 13.3 Å². The Morgan fingerprint density at radius 2 is 2.32 bits per heavy atom. The predicted octanol–water partition coefficient (Wildman–Crippen LogP) is 2.12. The van der Waals surface area contributed by atoms with E-state index in [4.69, 9.17) is 9.47 Å². The molecule has 1 atom stereocenters. The molecule has 0 spiro atoms. The molecule has 0 saturated heterocycles. The molecule has 104 valence electrons. The van der Waals surface area contributed by atoms with E-state index in [2.05, 4.69) is 11.1 Å². The van der Waals surface area contributed by atoms with Crippen LogP contribution in [0.1, 0.15) is 36.4 Å². The highest BCUT2D eigenvalue weighted by atomic mass is 16.5. The summed E-state index contributed by atoms with van der Waals surface area (Å²) in [6.07, 6.45) is 5.27. The molecular weight excluding hydrogens is 242 g/mol. The number of ether oxygens (including phenoxy) is 2. The second kappa shape index (κ2) is 7.36. The number of Topliss-reactive ketones (excluding diaryl/α,β-unsaturated/α-hetero) is 1. The first kappa shape index (κ1) is 14.2. The van der Waals surface area contributed by atoms with Gasteiger partial charge in [-0.1, -0.05) is 6.07 Å². The van der Waals surface area contributed by atoms with Gasteiger partial charge in [0.25, 0.3) is 0 Å². The second-order valence-corrected chi connectivity index (χ2v) is 4.81. The van der Waals surface area contributed by atoms with Gasteiger partial charge in [0.2, 0.25) is 0 Å². The third-order valence-corrected chi connectivity index (χ3v) is 3.51. The zero-order valence-corrected chi connectivity index (χ0v) is 11.4. The monoisotopic (exact) mass is 263 g/mol. The van der Waals surface area contributed by atoms with Crippen molar-refractivity contribution >= 4 is 5.78 Å². The van der Waals surface area contributed by atoms with E-state index < -0.39 is 0 Å². The van der Waals surface area contributed by atoms with Gasteiger partial charge in [-0.3, -0.25) is 9.78 Å². The highest BCUT2D eigenvalue weighted by Gasteiger charge is 2.26. The maximum Gasteiger partial charge on any atom is 0.144 e. The van der Waals surface area contributed by atoms with Crippen LogP contribution in [0.4, 0.5) is 0 Å². The molecular formula is C15H21NO3. The molecule has 1 heterocycles. The number of aryl methyl sites for hydroxylation is 1. The van der Waals surface area contributed by atoms with Gasteiger partial charge in [-0.25, -0.2) is 0 Å². The molecule has 0 aromatic carbocycles. The molecule has 0 saturated carbocycles. The van der Waals surface area contributed by atoms with Crippen LogP contribution in [0.2, 0.25) is 0 Å². The molecule has 1 unspecified atom stereocenters. The van der Waals surface area contributed by atoms with E-state index in [0.717, 1.165) is 25.0 Å². The lowest BCUT2D eigenvalue weighted by Crippen LogP contribution is -2.21. The summed E-state index contributed by atoms with van der Waals surface area (Å²) in [6, 6.07) is 4.02. The SMILES string of the molecule is COCCOCCC(=O)C1CCCc2cccnc21. The van der Waals surface area contributed by atoms with Crippen LogP contribution in [-0.2, 0) is 20.7 Å². The minimum Gasteiger partial charge on any atom is -0.382 e. The van der Waals surface area contributed by atoms with Crippen molar-refractivity contribution in [2.24, 2.45) is 0 Å². The predicted molar refractivity (Wildman–Crippen MR) is 72.2 cm³/mol. The number of ketones is 1. The van der Waals surface area contributed by atoms with Gasteiger partial charge < -0.3 is 9.47 Å². The van der Waals surface area contributed by atoms with Crippen LogP contribution in [0, 0.1) is 0 Å². The van der Waals surface area contributed by atoms with Crippen molar-refractivity contribution in [1.29, 1.82) is 0 Å². The molecule has 1 aromatic rings. The summed E-state index contributed by atoms with van der Waals surface area (Å²) in [4.78, 5) is 16.6. The fourth-order valence-electron chi connectivity index (χ4n) is 2.51. The van der Waals surface area contributed by atoms with Gasteiger partial charge in [0.15, 0.2) is 0 Å². The van der Waals surface area contributed by atoms with Crippen molar-refractivity contribution < 1.29 is 14.3 Å². The number of carbonyl (C=O) groups excluding carboxylic acids is 1. The van der Waals surface area contributed by atoms with Crippen molar-refractivity contribution in [1.82, 2.24) is 4.98 Å². The molecule has 2 rings (SSSR count). The number of methoxy groups -OCH3 is 1. The molecule has 1 aliphatic rings. The van der Waals surface area contributed by atoms with E-state index in [-0.39, 0.29) is 11.7 Å². The number of fused-ring (bicyclic) bond motifs is 1. The molecule has 0 amide bonds. The van der Waals surface area contributed by atoms with Crippen molar-refractivity contribution in [3.05, 3.63) is 29.6 Å². The summed E-state index contributed by atoms with van der Waals surface area (Å²) < 4.78 is 10.2. The Kier molecular flexibility index (Phi) is 5.48. The number of nitrogens with zero attached hydrogens (tertiary/aromatic N) is 1. The van der Waals surface area contributed by atoms with Gasteiger partial charge in [-0.2, -0.15) is 0 Å². The van der Waals surface area contributed by atoms with Crippen LogP contribution < -0.4 is 0 Å². The lowest BCUT2D eigenvalue weighted by atomic mass is 9.83. The minimum absolute atomic E-state index is 0.0315. The zero-order valence-electron chi connectivity index (χ0n) is 11.4. The van der Waals surface area contributed by atoms with E-state index >= 15 is 0 Å². The van der Waals surface area contributed by atoms with Crippen LogP contribution >= 0.6 is 0 Å². The number of carbonyl (C=O) groups is 1. The molecule has 0 radical (unpaired) electrons. The van der Waals surface area contributed by atoms with E-state index in [1.807, 2.05) is 6.07 Å². The van der Waals surface area contributed by atoms with Crippen molar-refractivity contribution in [2.75, 3.05) is 26.9 Å². The quantitative estimate of drug-likeness (QED) is 0.707. The lowest BCUT2D eigenvalue weighted by molar-refractivity contribution is -0.122. The van der Waals surface area contributed by atoms with E-state index in [0.29, 0.717) is 26.2 Å². The number of rotatable bonds is 7. The molecule has 19 heavy (non-hydrogen) atoms. The van der Waals surface area contributed by atoms with Crippen molar-refractivity contribution in [3.8, 4) is 0 Å². The fourth-order valence-corrected chi connectivity index (χ4v) is 2.51. The Hall–Kier alpha value is -1.26. The van der Waals surface area contributed by atoms with Crippen LogP contribution in [0.5, 0.6) is 0 Å². The maximum absolute atomic E-state index is 12.2. The highest BCUT2D eigenvalue weighted by Crippen LogP contribution is 2.31. The standard InChI is InChI=1S/C15H21NO3/c1-18-10-11-19-9-7-14(17)13-6-2-4-12-5-3-8-16-15(12)13/h3,5,8,13H,2,4,6-7,9-11H2,1H3. The van der Waals surface area contributed by atoms with Gasteiger partial charge in [-0.15, -0.1) is 0 Å². The first-order valence-electron chi connectivity index (χ1n) is 6.86. The van der Waals surface area contributed by atoms with Gasteiger partial charge in [0, 0.05) is 19.7 Å². The second-order valence-electron chi connectivity index (χ2n) is 4.81. The highest BCUT2D eigenvalue weighted by molar-refractivity contribution is 5.85. The van der Waals surface area contributed by atoms with E-state index in [9.17, 15) is 4.79 Å². The molecule has 4 heteroatoms. The lowest BCUT2D eigenvalue weighted by Gasteiger charge is -2.23. The number of hydrogen-bond donors (Lipinski definition) is 0. The summed E-state index contributed by atoms with van der Waals surface area (Å²) in [7, 11) is 1.64. The Balaban J connectivity index is 1.86. The Labute approximate surface area is 114 Å². The van der Waals surface area contributed by atoms with Crippen molar-refractivity contribution in [2.45, 2.75) is 31.6 Å². The molecule has 0 aliphatic heterocycles. The number of pyridine rings is 1. The topological polar surface area (TPSA) is 48.4 Å². The summed E-state index contributed by atoms with van der Waals surface area (Å²) in [6.45, 7) is 1.59. The van der Waals surface area contributed by atoms with Gasteiger partial charge in [0.05, 0.1) is 31.4 Å². The van der Waals surface area contributed by atoms with Crippen LogP contribution in [0.15, 0.2) is 18.3 Å². The molecule has 1 aliphatic carbocycles. The summed E-state index contributed by atoms with van der Waals surface area (Å²) in [5.74, 6) is 0.216.